The summed E-state index contributed by atoms with van der Waals surface area (Å²) < 4.78 is 16.4. The fourth-order valence-electron chi connectivity index (χ4n) is 2.93. The highest BCUT2D eigenvalue weighted by Gasteiger charge is 2.14. The smallest absolute Gasteiger partial charge is 0.275 e. The number of carbonyl (C=O) groups excluding carboxylic acids is 1. The highest BCUT2D eigenvalue weighted by Crippen LogP contribution is 2.30. The number of benzene rings is 3. The standard InChI is InChI=1S/C21H18N2O4/c1-25-19-12-16-5-3-2-4-15(16)11-17(19)21(24)23-22-13-14-6-7-18-20(10-14)27-9-8-26-18/h2-7,10-13H,8-9H2,1H3,(H,23,24). The van der Waals surface area contributed by atoms with Crippen LogP contribution >= 0.6 is 0 Å². The van der Waals surface area contributed by atoms with Gasteiger partial charge in [0, 0.05) is 0 Å². The number of fused-ring (bicyclic) bond motifs is 2. The Bertz CT molecular complexity index is 1030. The van der Waals surface area contributed by atoms with E-state index in [-0.39, 0.29) is 5.91 Å². The Labute approximate surface area is 156 Å². The van der Waals surface area contributed by atoms with Gasteiger partial charge in [0.15, 0.2) is 11.5 Å². The molecule has 0 aliphatic carbocycles. The van der Waals surface area contributed by atoms with E-state index >= 15 is 0 Å². The van der Waals surface area contributed by atoms with Gasteiger partial charge in [-0.15, -0.1) is 0 Å². The SMILES string of the molecule is COc1cc2ccccc2cc1C(=O)NN=Cc1ccc2c(c1)OCCO2. The van der Waals surface area contributed by atoms with Crippen molar-refractivity contribution in [3.8, 4) is 17.2 Å². The van der Waals surface area contributed by atoms with E-state index in [4.69, 9.17) is 14.2 Å². The van der Waals surface area contributed by atoms with Crippen molar-refractivity contribution in [3.63, 3.8) is 0 Å². The van der Waals surface area contributed by atoms with E-state index in [0.29, 0.717) is 36.0 Å². The summed E-state index contributed by atoms with van der Waals surface area (Å²) in [5, 5.41) is 6.01. The highest BCUT2D eigenvalue weighted by molar-refractivity contribution is 6.02. The minimum Gasteiger partial charge on any atom is -0.496 e. The third kappa shape index (κ3) is 3.55. The molecule has 1 aliphatic rings. The van der Waals surface area contributed by atoms with Gasteiger partial charge in [-0.25, -0.2) is 5.43 Å². The second-order valence-corrected chi connectivity index (χ2v) is 6.00. The molecule has 0 bridgehead atoms. The summed E-state index contributed by atoms with van der Waals surface area (Å²) in [6.45, 7) is 1.07. The molecular formula is C21H18N2O4. The zero-order chi connectivity index (χ0) is 18.6. The van der Waals surface area contributed by atoms with E-state index in [2.05, 4.69) is 10.5 Å². The van der Waals surface area contributed by atoms with Gasteiger partial charge in [0.1, 0.15) is 19.0 Å². The minimum absolute atomic E-state index is 0.341. The molecule has 0 aromatic heterocycles. The molecule has 136 valence electrons. The number of nitrogens with zero attached hydrogens (tertiary/aromatic N) is 1. The van der Waals surface area contributed by atoms with Crippen molar-refractivity contribution >= 4 is 22.9 Å². The van der Waals surface area contributed by atoms with Gasteiger partial charge in [-0.1, -0.05) is 24.3 Å². The van der Waals surface area contributed by atoms with Gasteiger partial charge in [0.2, 0.25) is 0 Å². The second-order valence-electron chi connectivity index (χ2n) is 6.00. The number of amides is 1. The molecule has 6 heteroatoms. The molecule has 4 rings (SSSR count). The number of hydrazone groups is 1. The van der Waals surface area contributed by atoms with Crippen LogP contribution in [-0.2, 0) is 0 Å². The van der Waals surface area contributed by atoms with Crippen LogP contribution in [0.25, 0.3) is 10.8 Å². The van der Waals surface area contributed by atoms with E-state index in [0.717, 1.165) is 16.3 Å². The van der Waals surface area contributed by atoms with Gasteiger partial charge in [-0.3, -0.25) is 4.79 Å². The Hall–Kier alpha value is -3.54. The van der Waals surface area contributed by atoms with E-state index < -0.39 is 0 Å². The molecule has 0 saturated heterocycles. The van der Waals surface area contributed by atoms with E-state index in [1.165, 1.54) is 0 Å². The van der Waals surface area contributed by atoms with Crippen LogP contribution in [0, 0.1) is 0 Å². The van der Waals surface area contributed by atoms with Crippen LogP contribution in [0.5, 0.6) is 17.2 Å². The molecule has 3 aromatic rings. The predicted molar refractivity (Wildman–Crippen MR) is 103 cm³/mol. The number of rotatable bonds is 4. The molecule has 1 amide bonds. The number of carbonyl (C=O) groups is 1. The average Bonchev–Trinajstić information content (AvgIpc) is 2.72. The number of hydrogen-bond donors (Lipinski definition) is 1. The summed E-state index contributed by atoms with van der Waals surface area (Å²) >= 11 is 0. The molecule has 1 aliphatic heterocycles. The first-order chi connectivity index (χ1) is 13.2. The molecule has 0 unspecified atom stereocenters. The molecule has 0 saturated carbocycles. The van der Waals surface area contributed by atoms with Gasteiger partial charge in [0.25, 0.3) is 5.91 Å². The summed E-state index contributed by atoms with van der Waals surface area (Å²) in [5.41, 5.74) is 3.77. The molecule has 0 spiro atoms. The zero-order valence-electron chi connectivity index (χ0n) is 14.8. The maximum atomic E-state index is 12.5. The fraction of sp³-hybridized carbons (Fsp3) is 0.143. The van der Waals surface area contributed by atoms with Crippen LogP contribution in [0.1, 0.15) is 15.9 Å². The summed E-state index contributed by atoms with van der Waals surface area (Å²) in [6, 6.07) is 16.9. The maximum absolute atomic E-state index is 12.5. The third-order valence-corrected chi connectivity index (χ3v) is 4.26. The molecular weight excluding hydrogens is 344 g/mol. The van der Waals surface area contributed by atoms with Crippen molar-refractivity contribution in [2.24, 2.45) is 5.10 Å². The third-order valence-electron chi connectivity index (χ3n) is 4.26. The molecule has 0 radical (unpaired) electrons. The fourth-order valence-corrected chi connectivity index (χ4v) is 2.93. The van der Waals surface area contributed by atoms with E-state index in [9.17, 15) is 4.79 Å². The lowest BCUT2D eigenvalue weighted by atomic mass is 10.1. The maximum Gasteiger partial charge on any atom is 0.275 e. The van der Waals surface area contributed by atoms with E-state index in [1.54, 1.807) is 19.4 Å². The van der Waals surface area contributed by atoms with Crippen LogP contribution < -0.4 is 19.6 Å². The summed E-state index contributed by atoms with van der Waals surface area (Å²) in [6.07, 6.45) is 1.56. The summed E-state index contributed by atoms with van der Waals surface area (Å²) in [7, 11) is 1.54. The molecule has 27 heavy (non-hydrogen) atoms. The van der Waals surface area contributed by atoms with Crippen LogP contribution in [0.3, 0.4) is 0 Å². The predicted octanol–water partition coefficient (Wildman–Crippen LogP) is 3.38. The first-order valence-corrected chi connectivity index (χ1v) is 8.54. The number of methoxy groups -OCH3 is 1. The highest BCUT2D eigenvalue weighted by atomic mass is 16.6. The van der Waals surface area contributed by atoms with Crippen molar-refractivity contribution in [3.05, 3.63) is 65.7 Å². The van der Waals surface area contributed by atoms with E-state index in [1.807, 2.05) is 48.5 Å². The number of ether oxygens (including phenoxy) is 3. The lowest BCUT2D eigenvalue weighted by Gasteiger charge is -2.18. The normalized spacial score (nSPS) is 12.9. The first kappa shape index (κ1) is 16.9. The molecule has 0 fully saturated rings. The molecule has 1 heterocycles. The number of nitrogens with one attached hydrogen (secondary N) is 1. The van der Waals surface area contributed by atoms with Gasteiger partial charge >= 0.3 is 0 Å². The Morgan fingerprint density at radius 1 is 1.04 bits per heavy atom. The Balaban J connectivity index is 1.52. The summed E-state index contributed by atoms with van der Waals surface area (Å²) in [4.78, 5) is 12.5. The molecule has 1 N–H and O–H groups in total. The zero-order valence-corrected chi connectivity index (χ0v) is 14.8. The topological polar surface area (TPSA) is 69.2 Å². The summed E-state index contributed by atoms with van der Waals surface area (Å²) in [5.74, 6) is 1.54. The quantitative estimate of drug-likeness (QED) is 0.571. The van der Waals surface area contributed by atoms with Gasteiger partial charge < -0.3 is 14.2 Å². The Morgan fingerprint density at radius 3 is 2.56 bits per heavy atom. The average molecular weight is 362 g/mol. The first-order valence-electron chi connectivity index (χ1n) is 8.54. The molecule has 3 aromatic carbocycles. The van der Waals surface area contributed by atoms with Crippen LogP contribution in [0.2, 0.25) is 0 Å². The molecule has 6 nitrogen and oxygen atoms in total. The molecule has 0 atom stereocenters. The monoisotopic (exact) mass is 362 g/mol. The van der Waals surface area contributed by atoms with Crippen molar-refractivity contribution in [2.45, 2.75) is 0 Å². The van der Waals surface area contributed by atoms with Crippen molar-refractivity contribution < 1.29 is 19.0 Å². The van der Waals surface area contributed by atoms with Crippen LogP contribution in [0.4, 0.5) is 0 Å². The number of hydrogen-bond acceptors (Lipinski definition) is 5. The van der Waals surface area contributed by atoms with Crippen molar-refractivity contribution in [1.82, 2.24) is 5.43 Å². The van der Waals surface area contributed by atoms with Crippen LogP contribution in [-0.4, -0.2) is 32.4 Å². The second kappa shape index (κ2) is 7.37. The lowest BCUT2D eigenvalue weighted by molar-refractivity contribution is 0.0952. The van der Waals surface area contributed by atoms with Crippen LogP contribution in [0.15, 0.2) is 59.7 Å². The van der Waals surface area contributed by atoms with Crippen molar-refractivity contribution in [1.29, 1.82) is 0 Å². The van der Waals surface area contributed by atoms with Gasteiger partial charge in [-0.05, 0) is 46.7 Å². The van der Waals surface area contributed by atoms with Gasteiger partial charge in [0.05, 0.1) is 18.9 Å². The van der Waals surface area contributed by atoms with Crippen molar-refractivity contribution in [2.75, 3.05) is 20.3 Å². The lowest BCUT2D eigenvalue weighted by Crippen LogP contribution is -2.18. The Kier molecular flexibility index (Phi) is 4.61. The Morgan fingerprint density at radius 2 is 1.78 bits per heavy atom. The minimum atomic E-state index is -0.341. The largest absolute Gasteiger partial charge is 0.496 e. The van der Waals surface area contributed by atoms with Gasteiger partial charge in [-0.2, -0.15) is 5.10 Å².